The van der Waals surface area contributed by atoms with E-state index in [1.54, 1.807) is 12.1 Å². The number of hydrogen-bond acceptors (Lipinski definition) is 3. The van der Waals surface area contributed by atoms with Gasteiger partial charge in [0.1, 0.15) is 0 Å². The molecule has 1 aromatic carbocycles. The number of carbonyl (C=O) groups is 2. The van der Waals surface area contributed by atoms with Gasteiger partial charge in [-0.2, -0.15) is 12.6 Å². The molecule has 0 aliphatic heterocycles. The molecular weight excluding hydrogens is 186 g/mol. The van der Waals surface area contributed by atoms with Gasteiger partial charge < -0.3 is 5.73 Å². The number of Topliss-reactive ketones (excluding diaryl/α,β-unsaturated/α-hetero) is 1. The molecule has 0 bridgehead atoms. The van der Waals surface area contributed by atoms with Crippen LogP contribution in [0.15, 0.2) is 24.3 Å². The van der Waals surface area contributed by atoms with E-state index in [0.717, 1.165) is 0 Å². The van der Waals surface area contributed by atoms with Crippen LogP contribution >= 0.6 is 12.6 Å². The van der Waals surface area contributed by atoms with Crippen molar-refractivity contribution in [2.45, 2.75) is 0 Å². The summed E-state index contributed by atoms with van der Waals surface area (Å²) in [4.78, 5) is 21.8. The zero-order valence-electron chi connectivity index (χ0n) is 6.86. The number of ketones is 1. The maximum absolute atomic E-state index is 11.1. The molecule has 3 nitrogen and oxygen atoms in total. The Morgan fingerprint density at radius 3 is 2.00 bits per heavy atom. The molecule has 0 aliphatic rings. The first-order chi connectivity index (χ1) is 6.15. The Labute approximate surface area is 81.3 Å². The number of thiol groups is 1. The molecule has 0 aliphatic carbocycles. The fraction of sp³-hybridized carbons (Fsp3) is 0.111. The second-order valence-corrected chi connectivity index (χ2v) is 2.84. The van der Waals surface area contributed by atoms with Crippen molar-refractivity contribution in [3.05, 3.63) is 35.4 Å². The van der Waals surface area contributed by atoms with Gasteiger partial charge in [0.15, 0.2) is 5.78 Å². The first kappa shape index (κ1) is 9.80. The lowest BCUT2D eigenvalue weighted by molar-refractivity contribution is 0.0994. The van der Waals surface area contributed by atoms with E-state index < -0.39 is 5.91 Å². The number of hydrogen-bond donors (Lipinski definition) is 2. The van der Waals surface area contributed by atoms with E-state index in [0.29, 0.717) is 11.1 Å². The number of carbonyl (C=O) groups excluding carboxylic acids is 2. The van der Waals surface area contributed by atoms with Gasteiger partial charge in [0.2, 0.25) is 5.91 Å². The molecule has 1 aromatic rings. The van der Waals surface area contributed by atoms with E-state index >= 15 is 0 Å². The van der Waals surface area contributed by atoms with Crippen LogP contribution in [0.2, 0.25) is 0 Å². The van der Waals surface area contributed by atoms with E-state index in [2.05, 4.69) is 12.6 Å². The summed E-state index contributed by atoms with van der Waals surface area (Å²) >= 11 is 3.85. The van der Waals surface area contributed by atoms with Gasteiger partial charge in [0, 0.05) is 11.1 Å². The SMILES string of the molecule is NC(=O)c1ccc(C(=O)CS)cc1. The molecule has 0 saturated carbocycles. The van der Waals surface area contributed by atoms with Crippen molar-refractivity contribution in [3.8, 4) is 0 Å². The van der Waals surface area contributed by atoms with Crippen LogP contribution in [0.1, 0.15) is 20.7 Å². The van der Waals surface area contributed by atoms with Gasteiger partial charge in [-0.25, -0.2) is 0 Å². The van der Waals surface area contributed by atoms with E-state index in [4.69, 9.17) is 5.73 Å². The first-order valence-corrected chi connectivity index (χ1v) is 4.32. The maximum Gasteiger partial charge on any atom is 0.248 e. The largest absolute Gasteiger partial charge is 0.366 e. The van der Waals surface area contributed by atoms with Crippen LogP contribution in [0, 0.1) is 0 Å². The van der Waals surface area contributed by atoms with E-state index in [1.165, 1.54) is 12.1 Å². The minimum absolute atomic E-state index is 0.0700. The molecule has 13 heavy (non-hydrogen) atoms. The van der Waals surface area contributed by atoms with Gasteiger partial charge in [-0.3, -0.25) is 9.59 Å². The van der Waals surface area contributed by atoms with Crippen LogP contribution in [0.4, 0.5) is 0 Å². The highest BCUT2D eigenvalue weighted by molar-refractivity contribution is 7.81. The molecule has 0 atom stereocenters. The molecule has 0 unspecified atom stereocenters. The number of benzene rings is 1. The fourth-order valence-corrected chi connectivity index (χ4v) is 1.09. The molecule has 2 N–H and O–H groups in total. The van der Waals surface area contributed by atoms with Crippen molar-refractivity contribution in [2.24, 2.45) is 5.73 Å². The zero-order valence-corrected chi connectivity index (χ0v) is 7.75. The summed E-state index contributed by atoms with van der Waals surface area (Å²) in [5.74, 6) is -0.403. The van der Waals surface area contributed by atoms with Gasteiger partial charge in [0.05, 0.1) is 5.75 Å². The average Bonchev–Trinajstić information content (AvgIpc) is 2.17. The Hall–Kier alpha value is -1.29. The second kappa shape index (κ2) is 4.09. The van der Waals surface area contributed by atoms with Gasteiger partial charge in [-0.15, -0.1) is 0 Å². The van der Waals surface area contributed by atoms with Crippen LogP contribution in [0.3, 0.4) is 0 Å². The first-order valence-electron chi connectivity index (χ1n) is 3.69. The van der Waals surface area contributed by atoms with E-state index in [1.807, 2.05) is 0 Å². The third-order valence-corrected chi connectivity index (χ3v) is 1.92. The Morgan fingerprint density at radius 2 is 1.62 bits per heavy atom. The number of rotatable bonds is 3. The molecule has 0 aromatic heterocycles. The summed E-state index contributed by atoms with van der Waals surface area (Å²) in [7, 11) is 0. The highest BCUT2D eigenvalue weighted by Crippen LogP contribution is 2.05. The number of nitrogens with two attached hydrogens (primary N) is 1. The Balaban J connectivity index is 2.93. The van der Waals surface area contributed by atoms with Crippen molar-refractivity contribution >= 4 is 24.3 Å². The minimum Gasteiger partial charge on any atom is -0.366 e. The van der Waals surface area contributed by atoms with E-state index in [9.17, 15) is 9.59 Å². The van der Waals surface area contributed by atoms with Crippen LogP contribution < -0.4 is 5.73 Å². The third-order valence-electron chi connectivity index (χ3n) is 1.63. The normalized spacial score (nSPS) is 9.62. The molecule has 1 amide bonds. The van der Waals surface area contributed by atoms with Gasteiger partial charge in [0.25, 0.3) is 0 Å². The smallest absolute Gasteiger partial charge is 0.248 e. The standard InChI is InChI=1S/C9H9NO2S/c10-9(12)7-3-1-6(2-4-7)8(11)5-13/h1-4,13H,5H2,(H2,10,12). The molecule has 1 rings (SSSR count). The molecular formula is C9H9NO2S. The maximum atomic E-state index is 11.1. The van der Waals surface area contributed by atoms with Gasteiger partial charge >= 0.3 is 0 Å². The van der Waals surface area contributed by atoms with Crippen LogP contribution in [0.25, 0.3) is 0 Å². The quantitative estimate of drug-likeness (QED) is 0.556. The minimum atomic E-state index is -0.495. The van der Waals surface area contributed by atoms with Crippen LogP contribution in [-0.2, 0) is 0 Å². The summed E-state index contributed by atoms with van der Waals surface area (Å²) in [6, 6.07) is 6.19. The predicted molar refractivity (Wildman–Crippen MR) is 53.1 cm³/mol. The van der Waals surface area contributed by atoms with Crippen molar-refractivity contribution in [1.29, 1.82) is 0 Å². The second-order valence-electron chi connectivity index (χ2n) is 2.52. The summed E-state index contributed by atoms with van der Waals surface area (Å²) in [6.45, 7) is 0. The average molecular weight is 195 g/mol. The lowest BCUT2D eigenvalue weighted by Crippen LogP contribution is -2.11. The fourth-order valence-electron chi connectivity index (χ4n) is 0.912. The zero-order chi connectivity index (χ0) is 9.84. The molecule has 0 saturated heterocycles. The molecule has 4 heteroatoms. The number of amides is 1. The van der Waals surface area contributed by atoms with Crippen molar-refractivity contribution in [2.75, 3.05) is 5.75 Å². The summed E-state index contributed by atoms with van der Waals surface area (Å²) in [6.07, 6.45) is 0. The topological polar surface area (TPSA) is 60.2 Å². The monoisotopic (exact) mass is 195 g/mol. The third kappa shape index (κ3) is 2.32. The molecule has 0 spiro atoms. The number of primary amides is 1. The molecule has 0 heterocycles. The van der Waals surface area contributed by atoms with Crippen molar-refractivity contribution in [3.63, 3.8) is 0 Å². The highest BCUT2D eigenvalue weighted by atomic mass is 32.1. The predicted octanol–water partition coefficient (Wildman–Crippen LogP) is 0.898. The summed E-state index contributed by atoms with van der Waals surface area (Å²) in [5, 5.41) is 0. The summed E-state index contributed by atoms with van der Waals surface area (Å²) in [5.41, 5.74) is 5.97. The molecule has 68 valence electrons. The highest BCUT2D eigenvalue weighted by Gasteiger charge is 2.04. The lowest BCUT2D eigenvalue weighted by atomic mass is 10.1. The van der Waals surface area contributed by atoms with Gasteiger partial charge in [-0.1, -0.05) is 12.1 Å². The molecule has 0 fully saturated rings. The Morgan fingerprint density at radius 1 is 1.15 bits per heavy atom. The molecule has 0 radical (unpaired) electrons. The van der Waals surface area contributed by atoms with Gasteiger partial charge in [-0.05, 0) is 12.1 Å². The van der Waals surface area contributed by atoms with E-state index in [-0.39, 0.29) is 11.5 Å². The lowest BCUT2D eigenvalue weighted by Gasteiger charge is -1.98. The Kier molecular flexibility index (Phi) is 3.08. The Bertz CT molecular complexity index is 332. The van der Waals surface area contributed by atoms with Crippen LogP contribution in [-0.4, -0.2) is 17.4 Å². The van der Waals surface area contributed by atoms with Crippen molar-refractivity contribution in [1.82, 2.24) is 0 Å². The van der Waals surface area contributed by atoms with Crippen molar-refractivity contribution < 1.29 is 9.59 Å². The van der Waals surface area contributed by atoms with Crippen LogP contribution in [0.5, 0.6) is 0 Å². The summed E-state index contributed by atoms with van der Waals surface area (Å²) < 4.78 is 0.